The van der Waals surface area contributed by atoms with Gasteiger partial charge in [-0.3, -0.25) is 9.69 Å². The van der Waals surface area contributed by atoms with E-state index < -0.39 is 5.79 Å². The van der Waals surface area contributed by atoms with E-state index in [-0.39, 0.29) is 24.0 Å². The monoisotopic (exact) mass is 457 g/mol. The summed E-state index contributed by atoms with van der Waals surface area (Å²) in [6, 6.07) is 6.02. The van der Waals surface area contributed by atoms with Gasteiger partial charge in [0.2, 0.25) is 5.91 Å². The average molecular weight is 458 g/mol. The van der Waals surface area contributed by atoms with Gasteiger partial charge in [-0.2, -0.15) is 0 Å². The maximum atomic E-state index is 13.5. The van der Waals surface area contributed by atoms with Gasteiger partial charge < -0.3 is 24.0 Å². The normalized spacial score (nSPS) is 25.2. The first-order chi connectivity index (χ1) is 16.0. The molecule has 0 aromatic heterocycles. The van der Waals surface area contributed by atoms with Crippen molar-refractivity contribution in [2.24, 2.45) is 5.92 Å². The molecule has 4 heterocycles. The average Bonchev–Trinajstić information content (AvgIpc) is 3.31. The molecule has 1 atom stereocenters. The quantitative estimate of drug-likeness (QED) is 0.682. The Kier molecular flexibility index (Phi) is 6.22. The van der Waals surface area contributed by atoms with Gasteiger partial charge in [-0.15, -0.1) is 0 Å². The van der Waals surface area contributed by atoms with Gasteiger partial charge in [0, 0.05) is 44.9 Å². The number of amides is 3. The summed E-state index contributed by atoms with van der Waals surface area (Å²) in [5.41, 5.74) is 1.95. The second kappa shape index (κ2) is 9.14. The number of benzene rings is 1. The smallest absolute Gasteiger partial charge is 0.324 e. The maximum absolute atomic E-state index is 13.5. The lowest BCUT2D eigenvalue weighted by Gasteiger charge is -2.41. The lowest BCUT2D eigenvalue weighted by Crippen LogP contribution is -2.53. The van der Waals surface area contributed by atoms with Crippen LogP contribution in [0.3, 0.4) is 0 Å². The van der Waals surface area contributed by atoms with Crippen molar-refractivity contribution in [3.05, 3.63) is 23.8 Å². The third-order valence-corrected chi connectivity index (χ3v) is 7.54. The van der Waals surface area contributed by atoms with Crippen molar-refractivity contribution in [3.8, 4) is 5.75 Å². The molecule has 1 aromatic rings. The van der Waals surface area contributed by atoms with Gasteiger partial charge >= 0.3 is 6.03 Å². The number of hydrogen-bond acceptors (Lipinski definition) is 5. The van der Waals surface area contributed by atoms with E-state index in [1.165, 1.54) is 0 Å². The number of hydrogen-bond donors (Lipinski definition) is 0. The van der Waals surface area contributed by atoms with Crippen LogP contribution in [0.4, 0.5) is 10.5 Å². The molecule has 3 saturated heterocycles. The van der Waals surface area contributed by atoms with Crippen molar-refractivity contribution in [1.82, 2.24) is 9.80 Å². The molecule has 0 aliphatic carbocycles. The Hall–Kier alpha value is -2.32. The van der Waals surface area contributed by atoms with Crippen LogP contribution < -0.4 is 9.64 Å². The summed E-state index contributed by atoms with van der Waals surface area (Å²) in [5, 5.41) is 0. The van der Waals surface area contributed by atoms with Crippen LogP contribution >= 0.6 is 0 Å². The number of fused-ring (bicyclic) bond motifs is 1. The van der Waals surface area contributed by atoms with E-state index in [0.29, 0.717) is 58.8 Å². The van der Waals surface area contributed by atoms with Gasteiger partial charge in [0.25, 0.3) is 0 Å². The van der Waals surface area contributed by atoms with E-state index in [1.807, 2.05) is 39.8 Å². The summed E-state index contributed by atoms with van der Waals surface area (Å²) < 4.78 is 17.6. The highest BCUT2D eigenvalue weighted by Gasteiger charge is 2.42. The van der Waals surface area contributed by atoms with Gasteiger partial charge in [-0.05, 0) is 43.9 Å². The predicted octanol–water partition coefficient (Wildman–Crippen LogP) is 3.17. The van der Waals surface area contributed by atoms with Crippen LogP contribution in [0.15, 0.2) is 18.2 Å². The van der Waals surface area contributed by atoms with Crippen molar-refractivity contribution >= 4 is 17.6 Å². The second-order valence-electron chi connectivity index (χ2n) is 9.71. The summed E-state index contributed by atoms with van der Waals surface area (Å²) in [5.74, 6) is 0.509. The minimum Gasteiger partial charge on any atom is -0.486 e. The summed E-state index contributed by atoms with van der Waals surface area (Å²) in [4.78, 5) is 32.3. The number of carbonyl (C=O) groups excluding carboxylic acids is 2. The standard InChI is InChI=1S/C25H35N3O5/c1-3-20-17-28(21-16-18(2)4-5-22(21)33-20)24(30)27-10-6-19(7-11-27)23(29)26-12-8-25(9-13-26)31-14-15-32-25/h4-5,16,19-20H,3,6-15,17H2,1-2H3/t20-/m0/s1. The van der Waals surface area contributed by atoms with Gasteiger partial charge in [0.1, 0.15) is 11.9 Å². The molecule has 3 fully saturated rings. The molecule has 4 aliphatic rings. The third kappa shape index (κ3) is 4.43. The number of carbonyl (C=O) groups is 2. The number of ether oxygens (including phenoxy) is 3. The molecule has 0 bridgehead atoms. The van der Waals surface area contributed by atoms with Crippen LogP contribution in [0, 0.1) is 12.8 Å². The second-order valence-corrected chi connectivity index (χ2v) is 9.71. The van der Waals surface area contributed by atoms with E-state index in [9.17, 15) is 9.59 Å². The first kappa shape index (κ1) is 22.5. The van der Waals surface area contributed by atoms with E-state index in [2.05, 4.69) is 6.92 Å². The van der Waals surface area contributed by atoms with Crippen molar-refractivity contribution in [2.75, 3.05) is 50.8 Å². The SMILES string of the molecule is CC[C@H]1CN(C(=O)N2CCC(C(=O)N3CCC4(CC3)OCCO4)CC2)c2cc(C)ccc2O1. The van der Waals surface area contributed by atoms with E-state index in [1.54, 1.807) is 0 Å². The van der Waals surface area contributed by atoms with E-state index >= 15 is 0 Å². The fourth-order valence-corrected chi connectivity index (χ4v) is 5.45. The molecule has 0 N–H and O–H groups in total. The highest BCUT2D eigenvalue weighted by atomic mass is 16.7. The lowest BCUT2D eigenvalue weighted by molar-refractivity contribution is -0.188. The van der Waals surface area contributed by atoms with Gasteiger partial charge in [0.15, 0.2) is 5.79 Å². The molecular weight excluding hydrogens is 422 g/mol. The number of aryl methyl sites for hydroxylation is 1. The maximum Gasteiger partial charge on any atom is 0.324 e. The number of urea groups is 1. The zero-order valence-electron chi connectivity index (χ0n) is 19.8. The number of anilines is 1. The van der Waals surface area contributed by atoms with Crippen LogP contribution in [0.1, 0.15) is 44.6 Å². The highest BCUT2D eigenvalue weighted by molar-refractivity contribution is 5.94. The Morgan fingerprint density at radius 1 is 1.03 bits per heavy atom. The molecular formula is C25H35N3O5. The highest BCUT2D eigenvalue weighted by Crippen LogP contribution is 2.36. The van der Waals surface area contributed by atoms with Crippen LogP contribution in [0.25, 0.3) is 0 Å². The summed E-state index contributed by atoms with van der Waals surface area (Å²) >= 11 is 0. The Bertz CT molecular complexity index is 882. The van der Waals surface area contributed by atoms with Crippen LogP contribution in [0.2, 0.25) is 0 Å². The molecule has 8 heteroatoms. The van der Waals surface area contributed by atoms with Gasteiger partial charge in [-0.1, -0.05) is 13.0 Å². The zero-order chi connectivity index (χ0) is 23.0. The van der Waals surface area contributed by atoms with Crippen molar-refractivity contribution in [2.45, 2.75) is 57.8 Å². The van der Waals surface area contributed by atoms with Crippen molar-refractivity contribution in [1.29, 1.82) is 0 Å². The molecule has 8 nitrogen and oxygen atoms in total. The number of piperidine rings is 2. The largest absolute Gasteiger partial charge is 0.486 e. The molecule has 180 valence electrons. The van der Waals surface area contributed by atoms with Crippen molar-refractivity contribution in [3.63, 3.8) is 0 Å². The van der Waals surface area contributed by atoms with Crippen LogP contribution in [-0.4, -0.2) is 79.6 Å². The molecule has 1 spiro atoms. The molecule has 0 radical (unpaired) electrons. The fraction of sp³-hybridized carbons (Fsp3) is 0.680. The molecule has 1 aromatic carbocycles. The van der Waals surface area contributed by atoms with Crippen LogP contribution in [-0.2, 0) is 14.3 Å². The molecule has 5 rings (SSSR count). The Balaban J connectivity index is 1.19. The number of rotatable bonds is 2. The molecule has 3 amide bonds. The molecule has 33 heavy (non-hydrogen) atoms. The van der Waals surface area contributed by atoms with Gasteiger partial charge in [0.05, 0.1) is 25.4 Å². The Morgan fingerprint density at radius 3 is 2.39 bits per heavy atom. The Labute approximate surface area is 195 Å². The number of nitrogens with zero attached hydrogens (tertiary/aromatic N) is 3. The van der Waals surface area contributed by atoms with Crippen LogP contribution in [0.5, 0.6) is 5.75 Å². The van der Waals surface area contributed by atoms with Gasteiger partial charge in [-0.25, -0.2) is 4.79 Å². The predicted molar refractivity (Wildman–Crippen MR) is 123 cm³/mol. The summed E-state index contributed by atoms with van der Waals surface area (Å²) in [6.45, 7) is 8.53. The third-order valence-electron chi connectivity index (χ3n) is 7.54. The van der Waals surface area contributed by atoms with E-state index in [4.69, 9.17) is 14.2 Å². The van der Waals surface area contributed by atoms with Crippen molar-refractivity contribution < 1.29 is 23.8 Å². The fourth-order valence-electron chi connectivity index (χ4n) is 5.45. The lowest BCUT2D eigenvalue weighted by atomic mass is 9.93. The molecule has 0 saturated carbocycles. The zero-order valence-corrected chi connectivity index (χ0v) is 19.8. The minimum atomic E-state index is -0.463. The summed E-state index contributed by atoms with van der Waals surface area (Å²) in [6.07, 6.45) is 3.75. The topological polar surface area (TPSA) is 71.6 Å². The minimum absolute atomic E-state index is 0.00139. The summed E-state index contributed by atoms with van der Waals surface area (Å²) in [7, 11) is 0. The van der Waals surface area contributed by atoms with E-state index in [0.717, 1.165) is 36.3 Å². The molecule has 4 aliphatic heterocycles. The first-order valence-corrected chi connectivity index (χ1v) is 12.4. The Morgan fingerprint density at radius 2 is 1.73 bits per heavy atom. The molecule has 0 unspecified atom stereocenters. The first-order valence-electron chi connectivity index (χ1n) is 12.4. The number of likely N-dealkylation sites (tertiary alicyclic amines) is 2.